The van der Waals surface area contributed by atoms with Crippen LogP contribution >= 0.6 is 11.6 Å². The van der Waals surface area contributed by atoms with Crippen LogP contribution in [0.5, 0.6) is 0 Å². The largest absolute Gasteiger partial charge is 0.267 e. The zero-order valence-electron chi connectivity index (χ0n) is 7.00. The van der Waals surface area contributed by atoms with Gasteiger partial charge in [-0.15, -0.1) is 0 Å². The molecule has 0 radical (unpaired) electrons. The van der Waals surface area contributed by atoms with Crippen molar-refractivity contribution in [2.24, 2.45) is 5.92 Å². The predicted octanol–water partition coefficient (Wildman–Crippen LogP) is 2.70. The quantitative estimate of drug-likeness (QED) is 0.468. The van der Waals surface area contributed by atoms with E-state index in [0.29, 0.717) is 0 Å². The monoisotopic (exact) mass is 187 g/mol. The van der Waals surface area contributed by atoms with Gasteiger partial charge in [0, 0.05) is 0 Å². The molecule has 0 aromatic heterocycles. The summed E-state index contributed by atoms with van der Waals surface area (Å²) in [4.78, 5) is 10.1. The van der Waals surface area contributed by atoms with Crippen LogP contribution in [0.15, 0.2) is 22.4 Å². The van der Waals surface area contributed by atoms with Crippen LogP contribution in [-0.4, -0.2) is 4.92 Å². The van der Waals surface area contributed by atoms with Crippen LogP contribution in [0.1, 0.15) is 20.3 Å². The third-order valence-electron chi connectivity index (χ3n) is 1.91. The lowest BCUT2D eigenvalue weighted by Gasteiger charge is -2.14. The first-order valence-corrected chi connectivity index (χ1v) is 4.11. The number of nitrogens with zero attached hydrogens (tertiary/aromatic N) is 1. The summed E-state index contributed by atoms with van der Waals surface area (Å²) in [7, 11) is 0. The second kappa shape index (κ2) is 3.27. The van der Waals surface area contributed by atoms with Gasteiger partial charge in [0.05, 0.1) is 10.8 Å². The fourth-order valence-corrected chi connectivity index (χ4v) is 1.87. The number of hydrogen-bond donors (Lipinski definition) is 0. The number of rotatable bonds is 1. The van der Waals surface area contributed by atoms with Crippen molar-refractivity contribution >= 4 is 11.6 Å². The van der Waals surface area contributed by atoms with Crippen LogP contribution in [0.3, 0.4) is 0 Å². The molecule has 0 bridgehead atoms. The van der Waals surface area contributed by atoms with E-state index >= 15 is 0 Å². The number of allylic oxidation sites excluding steroid dienone is 4. The highest BCUT2D eigenvalue weighted by atomic mass is 35.5. The first kappa shape index (κ1) is 9.26. The summed E-state index contributed by atoms with van der Waals surface area (Å²) in [5.74, 6) is -0.0718. The lowest BCUT2D eigenvalue weighted by molar-refractivity contribution is -0.434. The van der Waals surface area contributed by atoms with Crippen molar-refractivity contribution in [2.45, 2.75) is 20.3 Å². The van der Waals surface area contributed by atoms with Crippen molar-refractivity contribution in [3.05, 3.63) is 32.5 Å². The van der Waals surface area contributed by atoms with E-state index in [2.05, 4.69) is 0 Å². The Kier molecular flexibility index (Phi) is 2.52. The van der Waals surface area contributed by atoms with E-state index in [9.17, 15) is 10.1 Å². The highest BCUT2D eigenvalue weighted by molar-refractivity contribution is 6.31. The summed E-state index contributed by atoms with van der Waals surface area (Å²) in [5, 5.41) is 10.8. The first-order chi connectivity index (χ1) is 5.52. The van der Waals surface area contributed by atoms with Crippen LogP contribution in [0.4, 0.5) is 0 Å². The second-order valence-electron chi connectivity index (χ2n) is 3.09. The molecule has 0 N–H and O–H groups in total. The summed E-state index contributed by atoms with van der Waals surface area (Å²) in [6, 6.07) is 0. The Morgan fingerprint density at radius 3 is 2.75 bits per heavy atom. The standard InChI is InChI=1S/C8H10ClNO2/c1-5-3-6(2)8(10(11)12)7(9)4-5/h4,6H,3H2,1-2H3. The molecule has 0 saturated heterocycles. The predicted molar refractivity (Wildman–Crippen MR) is 47.4 cm³/mol. The summed E-state index contributed by atoms with van der Waals surface area (Å²) in [5.41, 5.74) is 1.24. The van der Waals surface area contributed by atoms with E-state index in [1.807, 2.05) is 13.8 Å². The minimum absolute atomic E-state index is 0.0718. The van der Waals surface area contributed by atoms with Crippen LogP contribution in [0.25, 0.3) is 0 Å². The topological polar surface area (TPSA) is 43.1 Å². The number of hydrogen-bond acceptors (Lipinski definition) is 2. The van der Waals surface area contributed by atoms with Crippen LogP contribution in [0.2, 0.25) is 0 Å². The zero-order valence-corrected chi connectivity index (χ0v) is 7.76. The van der Waals surface area contributed by atoms with Gasteiger partial charge in [-0.2, -0.15) is 0 Å². The van der Waals surface area contributed by atoms with Crippen molar-refractivity contribution in [3.63, 3.8) is 0 Å². The Labute approximate surface area is 75.9 Å². The Morgan fingerprint density at radius 1 is 1.75 bits per heavy atom. The highest BCUT2D eigenvalue weighted by Crippen LogP contribution is 2.31. The van der Waals surface area contributed by atoms with Crippen molar-refractivity contribution in [2.75, 3.05) is 0 Å². The summed E-state index contributed by atoms with van der Waals surface area (Å²) in [6.07, 6.45) is 2.40. The van der Waals surface area contributed by atoms with Gasteiger partial charge in [0.15, 0.2) is 0 Å². The minimum atomic E-state index is -0.393. The van der Waals surface area contributed by atoms with E-state index < -0.39 is 4.92 Å². The van der Waals surface area contributed by atoms with Crippen LogP contribution < -0.4 is 0 Å². The summed E-state index contributed by atoms with van der Waals surface area (Å²) in [6.45, 7) is 3.74. The number of nitro groups is 1. The summed E-state index contributed by atoms with van der Waals surface area (Å²) < 4.78 is 0. The van der Waals surface area contributed by atoms with Gasteiger partial charge in [0.1, 0.15) is 5.03 Å². The zero-order chi connectivity index (χ0) is 9.30. The third kappa shape index (κ3) is 1.67. The Bertz CT molecular complexity index is 281. The van der Waals surface area contributed by atoms with Gasteiger partial charge < -0.3 is 0 Å². The molecule has 0 spiro atoms. The molecule has 4 heteroatoms. The maximum Gasteiger partial charge on any atom is 0.267 e. The van der Waals surface area contributed by atoms with Crippen molar-refractivity contribution in [3.8, 4) is 0 Å². The van der Waals surface area contributed by atoms with Crippen molar-refractivity contribution < 1.29 is 4.92 Å². The molecule has 0 fully saturated rings. The van der Waals surface area contributed by atoms with Crippen LogP contribution in [-0.2, 0) is 0 Å². The molecule has 0 heterocycles. The third-order valence-corrected chi connectivity index (χ3v) is 2.21. The number of halogens is 1. The molecule has 1 aliphatic carbocycles. The normalized spacial score (nSPS) is 23.9. The van der Waals surface area contributed by atoms with E-state index in [0.717, 1.165) is 12.0 Å². The Morgan fingerprint density at radius 2 is 2.33 bits per heavy atom. The molecule has 66 valence electrons. The van der Waals surface area contributed by atoms with Gasteiger partial charge in [0.2, 0.25) is 0 Å². The maximum absolute atomic E-state index is 10.5. The molecular formula is C8H10ClNO2. The fourth-order valence-electron chi connectivity index (χ4n) is 1.43. The lowest BCUT2D eigenvalue weighted by atomic mass is 9.94. The Hall–Kier alpha value is -0.830. The van der Waals surface area contributed by atoms with Gasteiger partial charge in [-0.1, -0.05) is 24.1 Å². The molecule has 1 aliphatic rings. The Balaban J connectivity index is 3.08. The molecule has 0 aromatic rings. The lowest BCUT2D eigenvalue weighted by Crippen LogP contribution is -2.13. The molecule has 0 saturated carbocycles. The molecule has 3 nitrogen and oxygen atoms in total. The van der Waals surface area contributed by atoms with E-state index in [1.54, 1.807) is 6.08 Å². The second-order valence-corrected chi connectivity index (χ2v) is 3.49. The van der Waals surface area contributed by atoms with Gasteiger partial charge in [-0.05, 0) is 19.4 Å². The van der Waals surface area contributed by atoms with Gasteiger partial charge in [-0.25, -0.2) is 0 Å². The van der Waals surface area contributed by atoms with Crippen LogP contribution in [0, 0.1) is 16.0 Å². The van der Waals surface area contributed by atoms with Crippen molar-refractivity contribution in [1.82, 2.24) is 0 Å². The average Bonchev–Trinajstić information content (AvgIpc) is 1.82. The molecule has 0 amide bonds. The molecule has 0 aromatic carbocycles. The van der Waals surface area contributed by atoms with Crippen molar-refractivity contribution in [1.29, 1.82) is 0 Å². The molecule has 12 heavy (non-hydrogen) atoms. The van der Waals surface area contributed by atoms with Gasteiger partial charge in [-0.3, -0.25) is 10.1 Å². The first-order valence-electron chi connectivity index (χ1n) is 3.73. The van der Waals surface area contributed by atoms with E-state index in [-0.39, 0.29) is 16.6 Å². The smallest absolute Gasteiger partial charge is 0.259 e. The van der Waals surface area contributed by atoms with E-state index in [4.69, 9.17) is 11.6 Å². The highest BCUT2D eigenvalue weighted by Gasteiger charge is 2.27. The SMILES string of the molecule is CC1=CC(Cl)=C([N+](=O)[O-])C(C)C1. The molecule has 0 aliphatic heterocycles. The molecular weight excluding hydrogens is 178 g/mol. The van der Waals surface area contributed by atoms with Gasteiger partial charge >= 0.3 is 0 Å². The van der Waals surface area contributed by atoms with Gasteiger partial charge in [0.25, 0.3) is 5.70 Å². The molecule has 1 rings (SSSR count). The minimum Gasteiger partial charge on any atom is -0.259 e. The average molecular weight is 188 g/mol. The molecule has 1 unspecified atom stereocenters. The fraction of sp³-hybridized carbons (Fsp3) is 0.500. The maximum atomic E-state index is 10.5. The van der Waals surface area contributed by atoms with E-state index in [1.165, 1.54) is 0 Å². The molecule has 1 atom stereocenters. The summed E-state index contributed by atoms with van der Waals surface area (Å²) >= 11 is 5.73.